The van der Waals surface area contributed by atoms with Crippen molar-refractivity contribution in [3.05, 3.63) is 23.2 Å². The molecule has 2 N–H and O–H groups in total. The highest BCUT2D eigenvalue weighted by Crippen LogP contribution is 2.28. The number of nitrogen functional groups attached to an aromatic ring is 1. The van der Waals surface area contributed by atoms with E-state index < -0.39 is 10.0 Å². The molecule has 0 saturated carbocycles. The van der Waals surface area contributed by atoms with Gasteiger partial charge in [-0.1, -0.05) is 39.3 Å². The van der Waals surface area contributed by atoms with Gasteiger partial charge in [-0.15, -0.1) is 0 Å². The van der Waals surface area contributed by atoms with Crippen molar-refractivity contribution in [2.45, 2.75) is 51.5 Å². The molecule has 1 rings (SSSR count). The van der Waals surface area contributed by atoms with E-state index in [1.807, 2.05) is 27.7 Å². The Bertz CT molecular complexity index is 569. The normalized spacial score (nSPS) is 12.6. The molecule has 0 aliphatic carbocycles. The lowest BCUT2D eigenvalue weighted by molar-refractivity contribution is 0.277. The maximum absolute atomic E-state index is 13.0. The molecule has 1 aromatic rings. The van der Waals surface area contributed by atoms with Gasteiger partial charge < -0.3 is 5.73 Å². The van der Waals surface area contributed by atoms with Crippen LogP contribution in [0.3, 0.4) is 0 Å². The summed E-state index contributed by atoms with van der Waals surface area (Å²) >= 11 is 5.86. The fourth-order valence-electron chi connectivity index (χ4n) is 2.38. The molecule has 0 spiro atoms. The van der Waals surface area contributed by atoms with Gasteiger partial charge in [0, 0.05) is 17.6 Å². The van der Waals surface area contributed by atoms with Crippen LogP contribution in [0, 0.1) is 5.92 Å². The molecule has 0 saturated heterocycles. The van der Waals surface area contributed by atoms with Crippen molar-refractivity contribution in [2.24, 2.45) is 5.92 Å². The number of nitrogens with two attached hydrogens (primary N) is 1. The number of rotatable bonds is 7. The highest BCUT2D eigenvalue weighted by Gasteiger charge is 2.31. The van der Waals surface area contributed by atoms with Gasteiger partial charge in [-0.25, -0.2) is 8.42 Å². The molecule has 1 aromatic carbocycles. The van der Waals surface area contributed by atoms with Crippen LogP contribution in [0.4, 0.5) is 5.69 Å². The van der Waals surface area contributed by atoms with Crippen molar-refractivity contribution in [2.75, 3.05) is 12.3 Å². The zero-order valence-corrected chi connectivity index (χ0v) is 14.7. The van der Waals surface area contributed by atoms with Gasteiger partial charge in [-0.3, -0.25) is 0 Å². The summed E-state index contributed by atoms with van der Waals surface area (Å²) in [4.78, 5) is 0.138. The van der Waals surface area contributed by atoms with Crippen molar-refractivity contribution < 1.29 is 8.42 Å². The van der Waals surface area contributed by atoms with Gasteiger partial charge in [0.2, 0.25) is 10.0 Å². The second-order valence-electron chi connectivity index (χ2n) is 5.62. The summed E-state index contributed by atoms with van der Waals surface area (Å²) in [6, 6.07) is 4.51. The van der Waals surface area contributed by atoms with Crippen molar-refractivity contribution >= 4 is 27.3 Å². The number of halogens is 1. The van der Waals surface area contributed by atoms with Gasteiger partial charge in [0.1, 0.15) is 4.90 Å². The molecule has 0 unspecified atom stereocenters. The summed E-state index contributed by atoms with van der Waals surface area (Å²) in [5.41, 5.74) is 6.07. The lowest BCUT2D eigenvalue weighted by Gasteiger charge is -2.31. The summed E-state index contributed by atoms with van der Waals surface area (Å²) in [7, 11) is -3.62. The van der Waals surface area contributed by atoms with E-state index in [0.717, 1.165) is 12.8 Å². The van der Waals surface area contributed by atoms with E-state index >= 15 is 0 Å². The molecule has 6 heteroatoms. The third-order valence-corrected chi connectivity index (χ3v) is 5.68. The zero-order chi connectivity index (χ0) is 16.2. The topological polar surface area (TPSA) is 63.4 Å². The number of anilines is 1. The minimum atomic E-state index is -3.62. The number of benzene rings is 1. The van der Waals surface area contributed by atoms with Gasteiger partial charge in [-0.2, -0.15) is 4.31 Å². The predicted octanol–water partition coefficient (Wildman–Crippen LogP) is 3.76. The van der Waals surface area contributed by atoms with E-state index in [1.165, 1.54) is 12.1 Å². The van der Waals surface area contributed by atoms with Crippen LogP contribution < -0.4 is 5.73 Å². The molecule has 21 heavy (non-hydrogen) atoms. The quantitative estimate of drug-likeness (QED) is 0.773. The Morgan fingerprint density at radius 2 is 1.81 bits per heavy atom. The predicted molar refractivity (Wildman–Crippen MR) is 89.0 cm³/mol. The van der Waals surface area contributed by atoms with Crippen molar-refractivity contribution in [1.29, 1.82) is 0 Å². The summed E-state index contributed by atoms with van der Waals surface area (Å²) in [5, 5.41) is 0.435. The fourth-order valence-corrected chi connectivity index (χ4v) is 4.59. The fraction of sp³-hybridized carbons (Fsp3) is 0.600. The Morgan fingerprint density at radius 3 is 2.24 bits per heavy atom. The van der Waals surface area contributed by atoms with E-state index in [0.29, 0.717) is 11.6 Å². The summed E-state index contributed by atoms with van der Waals surface area (Å²) < 4.78 is 27.5. The Balaban J connectivity index is 3.32. The molecule has 0 atom stereocenters. The van der Waals surface area contributed by atoms with Crippen LogP contribution in [0.2, 0.25) is 5.02 Å². The third kappa shape index (κ3) is 4.34. The molecule has 0 fully saturated rings. The molecule has 0 amide bonds. The van der Waals surface area contributed by atoms with Crippen LogP contribution >= 0.6 is 11.6 Å². The molecule has 0 aliphatic rings. The molecule has 0 bridgehead atoms. The second kappa shape index (κ2) is 7.47. The van der Waals surface area contributed by atoms with Crippen molar-refractivity contribution in [1.82, 2.24) is 4.31 Å². The van der Waals surface area contributed by atoms with Crippen LogP contribution in [0.25, 0.3) is 0 Å². The molecule has 0 radical (unpaired) electrons. The lowest BCUT2D eigenvalue weighted by atomic mass is 10.1. The standard InChI is InChI=1S/C15H25ClN2O2S/c1-5-13(6-2)18(10-11(3)4)21(19,20)15-8-7-12(16)9-14(15)17/h7-9,11,13H,5-6,10,17H2,1-4H3. The SMILES string of the molecule is CCC(CC)N(CC(C)C)S(=O)(=O)c1ccc(Cl)cc1N. The van der Waals surface area contributed by atoms with E-state index in [-0.39, 0.29) is 22.5 Å². The number of hydrogen-bond acceptors (Lipinski definition) is 3. The summed E-state index contributed by atoms with van der Waals surface area (Å²) in [6.07, 6.45) is 1.55. The average molecular weight is 333 g/mol. The number of hydrogen-bond donors (Lipinski definition) is 1. The van der Waals surface area contributed by atoms with Crippen LogP contribution in [0.5, 0.6) is 0 Å². The Morgan fingerprint density at radius 1 is 1.24 bits per heavy atom. The van der Waals surface area contributed by atoms with Gasteiger partial charge >= 0.3 is 0 Å². The average Bonchev–Trinajstić information content (AvgIpc) is 2.38. The highest BCUT2D eigenvalue weighted by atomic mass is 35.5. The van der Waals surface area contributed by atoms with Crippen LogP contribution in [-0.4, -0.2) is 25.3 Å². The van der Waals surface area contributed by atoms with Crippen molar-refractivity contribution in [3.63, 3.8) is 0 Å². The van der Waals surface area contributed by atoms with E-state index in [4.69, 9.17) is 17.3 Å². The third-order valence-electron chi connectivity index (χ3n) is 3.45. The molecule has 4 nitrogen and oxygen atoms in total. The summed E-state index contributed by atoms with van der Waals surface area (Å²) in [6.45, 7) is 8.51. The molecule has 0 heterocycles. The first kappa shape index (κ1) is 18.3. The first-order chi connectivity index (χ1) is 9.73. The molecule has 0 aliphatic heterocycles. The maximum Gasteiger partial charge on any atom is 0.245 e. The minimum absolute atomic E-state index is 0.0209. The van der Waals surface area contributed by atoms with E-state index in [1.54, 1.807) is 10.4 Å². The first-order valence-corrected chi connectivity index (χ1v) is 9.12. The van der Waals surface area contributed by atoms with Gasteiger partial charge in [0.05, 0.1) is 5.69 Å². The number of sulfonamides is 1. The summed E-state index contributed by atoms with van der Waals surface area (Å²) in [5.74, 6) is 0.244. The first-order valence-electron chi connectivity index (χ1n) is 7.30. The van der Waals surface area contributed by atoms with Gasteiger partial charge in [0.15, 0.2) is 0 Å². The smallest absolute Gasteiger partial charge is 0.245 e. The number of nitrogens with zero attached hydrogens (tertiary/aromatic N) is 1. The lowest BCUT2D eigenvalue weighted by Crippen LogP contribution is -2.42. The van der Waals surface area contributed by atoms with E-state index in [2.05, 4.69) is 0 Å². The van der Waals surface area contributed by atoms with Gasteiger partial charge in [0.25, 0.3) is 0 Å². The van der Waals surface area contributed by atoms with E-state index in [9.17, 15) is 8.42 Å². The minimum Gasteiger partial charge on any atom is -0.398 e. The van der Waals surface area contributed by atoms with Crippen LogP contribution in [-0.2, 0) is 10.0 Å². The highest BCUT2D eigenvalue weighted by molar-refractivity contribution is 7.89. The monoisotopic (exact) mass is 332 g/mol. The Hall–Kier alpha value is -0.780. The second-order valence-corrected chi connectivity index (χ2v) is 7.92. The molecular formula is C15H25ClN2O2S. The maximum atomic E-state index is 13.0. The zero-order valence-electron chi connectivity index (χ0n) is 13.1. The Kier molecular flexibility index (Phi) is 6.50. The van der Waals surface area contributed by atoms with Crippen LogP contribution in [0.15, 0.2) is 23.1 Å². The molecule has 120 valence electrons. The van der Waals surface area contributed by atoms with Crippen molar-refractivity contribution in [3.8, 4) is 0 Å². The Labute approximate surface area is 133 Å². The van der Waals surface area contributed by atoms with Gasteiger partial charge in [-0.05, 0) is 37.0 Å². The largest absolute Gasteiger partial charge is 0.398 e. The van der Waals surface area contributed by atoms with Crippen LogP contribution in [0.1, 0.15) is 40.5 Å². The molecular weight excluding hydrogens is 308 g/mol. The molecule has 0 aromatic heterocycles.